The van der Waals surface area contributed by atoms with Crippen molar-refractivity contribution in [3.8, 4) is 11.8 Å². The van der Waals surface area contributed by atoms with Crippen molar-refractivity contribution in [3.05, 3.63) is 35.4 Å². The normalized spacial score (nSPS) is 11.3. The Morgan fingerprint density at radius 3 is 2.95 bits per heavy atom. The van der Waals surface area contributed by atoms with E-state index >= 15 is 0 Å². The third kappa shape index (κ3) is 7.28. The Bertz CT molecular complexity index is 469. The molecule has 0 heterocycles. The summed E-state index contributed by atoms with van der Waals surface area (Å²) < 4.78 is 0. The predicted molar refractivity (Wildman–Crippen MR) is 76.6 cm³/mol. The van der Waals surface area contributed by atoms with Gasteiger partial charge in [-0.25, -0.2) is 0 Å². The van der Waals surface area contributed by atoms with Gasteiger partial charge in [0.15, 0.2) is 0 Å². The summed E-state index contributed by atoms with van der Waals surface area (Å²) in [6, 6.07) is 8.07. The van der Waals surface area contributed by atoms with Gasteiger partial charge < -0.3 is 10.4 Å². The van der Waals surface area contributed by atoms with Crippen LogP contribution in [0.15, 0.2) is 24.3 Å². The van der Waals surface area contributed by atoms with E-state index in [0.717, 1.165) is 18.4 Å². The van der Waals surface area contributed by atoms with Crippen LogP contribution in [0.2, 0.25) is 0 Å². The number of aliphatic hydroxyl groups excluding tert-OH is 1. The number of benzene rings is 1. The lowest BCUT2D eigenvalue weighted by Gasteiger charge is -2.03. The van der Waals surface area contributed by atoms with Crippen LogP contribution in [0, 0.1) is 11.8 Å². The molecular weight excluding hydrogens is 238 g/mol. The summed E-state index contributed by atoms with van der Waals surface area (Å²) in [6.07, 6.45) is 1.96. The molecule has 19 heavy (non-hydrogen) atoms. The van der Waals surface area contributed by atoms with Crippen molar-refractivity contribution in [1.29, 1.82) is 0 Å². The number of carbonyl (C=O) groups is 1. The third-order valence-corrected chi connectivity index (χ3v) is 2.57. The minimum absolute atomic E-state index is 0.0118. The summed E-state index contributed by atoms with van der Waals surface area (Å²) in [4.78, 5) is 10.7. The van der Waals surface area contributed by atoms with Gasteiger partial charge in [0.1, 0.15) is 0 Å². The Kier molecular flexibility index (Phi) is 6.70. The van der Waals surface area contributed by atoms with E-state index in [1.807, 2.05) is 12.1 Å². The number of amides is 1. The quantitative estimate of drug-likeness (QED) is 0.626. The van der Waals surface area contributed by atoms with Crippen LogP contribution in [0.25, 0.3) is 0 Å². The van der Waals surface area contributed by atoms with Crippen molar-refractivity contribution in [3.63, 3.8) is 0 Å². The number of hydrogen-bond acceptors (Lipinski definition) is 2. The Morgan fingerprint density at radius 1 is 1.47 bits per heavy atom. The molecule has 0 saturated heterocycles. The van der Waals surface area contributed by atoms with Crippen molar-refractivity contribution in [2.24, 2.45) is 0 Å². The Balaban J connectivity index is 2.47. The molecule has 0 aliphatic carbocycles. The van der Waals surface area contributed by atoms with E-state index in [1.54, 1.807) is 6.92 Å². The standard InChI is InChI=1S/C16H21NO2/c1-13(18)6-3-7-15-8-4-9-16(12-15)10-5-11-17-14(2)19/h4,8-9,12-13,18H,5-6,10-11H2,1-2H3,(H,17,19). The first kappa shape index (κ1) is 15.3. The summed E-state index contributed by atoms with van der Waals surface area (Å²) in [5.41, 5.74) is 2.19. The number of hydrogen-bond donors (Lipinski definition) is 2. The number of rotatable bonds is 5. The molecule has 3 heteroatoms. The highest BCUT2D eigenvalue weighted by molar-refractivity contribution is 5.72. The van der Waals surface area contributed by atoms with Gasteiger partial charge in [-0.15, -0.1) is 0 Å². The topological polar surface area (TPSA) is 49.3 Å². The van der Waals surface area contributed by atoms with Crippen LogP contribution in [0.3, 0.4) is 0 Å². The van der Waals surface area contributed by atoms with Gasteiger partial charge in [0, 0.05) is 25.5 Å². The number of aryl methyl sites for hydroxylation is 1. The van der Waals surface area contributed by atoms with Crippen LogP contribution >= 0.6 is 0 Å². The summed E-state index contributed by atoms with van der Waals surface area (Å²) in [5, 5.41) is 11.9. The van der Waals surface area contributed by atoms with E-state index in [2.05, 4.69) is 29.3 Å². The first-order valence-electron chi connectivity index (χ1n) is 6.58. The zero-order valence-corrected chi connectivity index (χ0v) is 11.6. The fourth-order valence-electron chi connectivity index (χ4n) is 1.66. The number of carbonyl (C=O) groups excluding carboxylic acids is 1. The molecule has 102 valence electrons. The van der Waals surface area contributed by atoms with Crippen molar-refractivity contribution >= 4 is 5.91 Å². The molecule has 0 aromatic heterocycles. The minimum Gasteiger partial charge on any atom is -0.392 e. The van der Waals surface area contributed by atoms with Crippen molar-refractivity contribution in [1.82, 2.24) is 5.32 Å². The van der Waals surface area contributed by atoms with Crippen LogP contribution in [0.4, 0.5) is 0 Å². The lowest BCUT2D eigenvalue weighted by molar-refractivity contribution is -0.118. The highest BCUT2D eigenvalue weighted by Crippen LogP contribution is 2.06. The fraction of sp³-hybridized carbons (Fsp3) is 0.438. The third-order valence-electron chi connectivity index (χ3n) is 2.57. The van der Waals surface area contributed by atoms with E-state index in [9.17, 15) is 4.79 Å². The molecule has 0 bridgehead atoms. The molecule has 0 saturated carbocycles. The second-order valence-electron chi connectivity index (χ2n) is 4.64. The second-order valence-corrected chi connectivity index (χ2v) is 4.64. The molecule has 1 aromatic rings. The van der Waals surface area contributed by atoms with E-state index < -0.39 is 0 Å². The monoisotopic (exact) mass is 259 g/mol. The molecule has 0 spiro atoms. The van der Waals surface area contributed by atoms with Crippen LogP contribution in [-0.2, 0) is 11.2 Å². The fourth-order valence-corrected chi connectivity index (χ4v) is 1.66. The van der Waals surface area contributed by atoms with E-state index in [-0.39, 0.29) is 12.0 Å². The zero-order chi connectivity index (χ0) is 14.1. The Labute approximate surface area is 115 Å². The largest absolute Gasteiger partial charge is 0.392 e. The number of nitrogens with one attached hydrogen (secondary N) is 1. The summed E-state index contributed by atoms with van der Waals surface area (Å²) >= 11 is 0. The van der Waals surface area contributed by atoms with Gasteiger partial charge in [-0.05, 0) is 37.5 Å². The smallest absolute Gasteiger partial charge is 0.216 e. The lowest BCUT2D eigenvalue weighted by atomic mass is 10.1. The first-order chi connectivity index (χ1) is 9.08. The van der Waals surface area contributed by atoms with Crippen molar-refractivity contribution in [2.45, 2.75) is 39.2 Å². The van der Waals surface area contributed by atoms with Gasteiger partial charge in [0.05, 0.1) is 6.10 Å². The molecule has 0 aliphatic rings. The van der Waals surface area contributed by atoms with Crippen LogP contribution < -0.4 is 5.32 Å². The molecule has 1 aromatic carbocycles. The van der Waals surface area contributed by atoms with Gasteiger partial charge in [-0.3, -0.25) is 4.79 Å². The molecule has 1 unspecified atom stereocenters. The maximum atomic E-state index is 10.7. The van der Waals surface area contributed by atoms with Crippen molar-refractivity contribution < 1.29 is 9.90 Å². The van der Waals surface area contributed by atoms with Crippen molar-refractivity contribution in [2.75, 3.05) is 6.54 Å². The maximum absolute atomic E-state index is 10.7. The molecule has 1 rings (SSSR count). The highest BCUT2D eigenvalue weighted by Gasteiger charge is 1.96. The maximum Gasteiger partial charge on any atom is 0.216 e. The van der Waals surface area contributed by atoms with Crippen LogP contribution in [0.1, 0.15) is 37.8 Å². The van der Waals surface area contributed by atoms with Gasteiger partial charge in [0.25, 0.3) is 0 Å². The van der Waals surface area contributed by atoms with Crippen LogP contribution in [0.5, 0.6) is 0 Å². The van der Waals surface area contributed by atoms with E-state index in [1.165, 1.54) is 12.5 Å². The molecule has 0 radical (unpaired) electrons. The highest BCUT2D eigenvalue weighted by atomic mass is 16.3. The zero-order valence-electron chi connectivity index (χ0n) is 11.6. The first-order valence-corrected chi connectivity index (χ1v) is 6.58. The Hall–Kier alpha value is -1.79. The summed E-state index contributed by atoms with van der Waals surface area (Å²) in [6.45, 7) is 3.96. The summed E-state index contributed by atoms with van der Waals surface area (Å²) in [7, 11) is 0. The molecule has 0 aliphatic heterocycles. The van der Waals surface area contributed by atoms with Crippen LogP contribution in [-0.4, -0.2) is 23.7 Å². The molecule has 0 fully saturated rings. The number of aliphatic hydroxyl groups is 1. The minimum atomic E-state index is -0.381. The molecular formula is C16H21NO2. The second kappa shape index (κ2) is 8.34. The van der Waals surface area contributed by atoms with Gasteiger partial charge >= 0.3 is 0 Å². The van der Waals surface area contributed by atoms with E-state index in [0.29, 0.717) is 13.0 Å². The Morgan fingerprint density at radius 2 is 2.26 bits per heavy atom. The average Bonchev–Trinajstić information content (AvgIpc) is 2.34. The predicted octanol–water partition coefficient (Wildman–Crippen LogP) is 1.88. The molecule has 1 amide bonds. The van der Waals surface area contributed by atoms with Gasteiger partial charge in [-0.1, -0.05) is 24.0 Å². The summed E-state index contributed by atoms with van der Waals surface area (Å²) in [5.74, 6) is 6.01. The molecule has 3 nitrogen and oxygen atoms in total. The lowest BCUT2D eigenvalue weighted by Crippen LogP contribution is -2.21. The molecule has 2 N–H and O–H groups in total. The van der Waals surface area contributed by atoms with E-state index in [4.69, 9.17) is 5.11 Å². The average molecular weight is 259 g/mol. The molecule has 1 atom stereocenters. The van der Waals surface area contributed by atoms with Gasteiger partial charge in [-0.2, -0.15) is 0 Å². The SMILES string of the molecule is CC(=O)NCCCc1cccc(C#CCC(C)O)c1. The van der Waals surface area contributed by atoms with Gasteiger partial charge in [0.2, 0.25) is 5.91 Å².